The molecule has 2 aromatic rings. The van der Waals surface area contributed by atoms with Crippen molar-refractivity contribution in [1.29, 1.82) is 0 Å². The summed E-state index contributed by atoms with van der Waals surface area (Å²) in [4.78, 5) is 7.83. The molecule has 0 unspecified atom stereocenters. The highest BCUT2D eigenvalue weighted by molar-refractivity contribution is 7.23. The average Bonchev–Trinajstić information content (AvgIpc) is 2.31. The van der Waals surface area contributed by atoms with Gasteiger partial charge in [0.15, 0.2) is 0 Å². The van der Waals surface area contributed by atoms with Crippen molar-refractivity contribution in [2.24, 2.45) is 0 Å². The van der Waals surface area contributed by atoms with Gasteiger partial charge in [0, 0.05) is 0 Å². The maximum atomic E-state index is 5.77. The lowest BCUT2D eigenvalue weighted by atomic mass is 10.5. The molecule has 0 saturated heterocycles. The lowest BCUT2D eigenvalue weighted by molar-refractivity contribution is 1.23. The highest BCUT2D eigenvalue weighted by Crippen LogP contribution is 2.29. The number of nitrogen functional groups attached to an aromatic ring is 1. The molecule has 56 valence electrons. The van der Waals surface area contributed by atoms with Gasteiger partial charge in [-0.25, -0.2) is 9.97 Å². The van der Waals surface area contributed by atoms with Crippen LogP contribution >= 0.6 is 22.9 Å². The van der Waals surface area contributed by atoms with E-state index in [0.29, 0.717) is 10.2 Å². The Bertz CT molecular complexity index is 398. The van der Waals surface area contributed by atoms with Crippen LogP contribution in [0.2, 0.25) is 5.15 Å². The minimum atomic E-state index is 0.469. The number of halogens is 1. The van der Waals surface area contributed by atoms with Gasteiger partial charge in [0.2, 0.25) is 0 Å². The van der Waals surface area contributed by atoms with Crippen LogP contribution in [0.3, 0.4) is 0 Å². The largest absolute Gasteiger partial charge is 0.391 e. The van der Waals surface area contributed by atoms with E-state index in [2.05, 4.69) is 9.97 Å². The summed E-state index contributed by atoms with van der Waals surface area (Å²) in [6.45, 7) is 0. The topological polar surface area (TPSA) is 51.8 Å². The van der Waals surface area contributed by atoms with Crippen LogP contribution in [-0.2, 0) is 0 Å². The molecule has 3 nitrogen and oxygen atoms in total. The number of thiophene rings is 1. The van der Waals surface area contributed by atoms with Gasteiger partial charge in [-0.3, -0.25) is 0 Å². The Hall–Kier alpha value is -0.870. The fourth-order valence-corrected chi connectivity index (χ4v) is 1.86. The van der Waals surface area contributed by atoms with Gasteiger partial charge in [-0.15, -0.1) is 11.3 Å². The molecule has 0 radical (unpaired) electrons. The molecule has 0 aliphatic rings. The normalized spacial score (nSPS) is 10.6. The summed E-state index contributed by atoms with van der Waals surface area (Å²) in [6.07, 6.45) is 1.43. The van der Waals surface area contributed by atoms with E-state index in [4.69, 9.17) is 17.3 Å². The molecule has 11 heavy (non-hydrogen) atoms. The second-order valence-corrected chi connectivity index (χ2v) is 3.47. The Balaban J connectivity index is 2.90. The van der Waals surface area contributed by atoms with Crippen LogP contribution in [0.1, 0.15) is 0 Å². The van der Waals surface area contributed by atoms with E-state index in [1.165, 1.54) is 17.7 Å². The molecule has 0 aliphatic carbocycles. The maximum Gasteiger partial charge on any atom is 0.150 e. The van der Waals surface area contributed by atoms with Crippen LogP contribution in [0.15, 0.2) is 12.4 Å². The third kappa shape index (κ3) is 1.04. The highest BCUT2D eigenvalue weighted by atomic mass is 35.5. The maximum absolute atomic E-state index is 5.77. The first-order valence-corrected chi connectivity index (χ1v) is 4.12. The zero-order chi connectivity index (χ0) is 7.84. The summed E-state index contributed by atoms with van der Waals surface area (Å²) in [6, 6.07) is 1.79. The quantitative estimate of drug-likeness (QED) is 0.638. The van der Waals surface area contributed by atoms with Crippen LogP contribution in [0.25, 0.3) is 10.2 Å². The number of aromatic nitrogens is 2. The molecule has 0 saturated carbocycles. The van der Waals surface area contributed by atoms with Gasteiger partial charge in [0.25, 0.3) is 0 Å². The number of hydrogen-bond acceptors (Lipinski definition) is 4. The van der Waals surface area contributed by atoms with Gasteiger partial charge < -0.3 is 5.73 Å². The van der Waals surface area contributed by atoms with Crippen molar-refractivity contribution in [3.05, 3.63) is 17.5 Å². The van der Waals surface area contributed by atoms with Crippen molar-refractivity contribution in [3.8, 4) is 0 Å². The number of rotatable bonds is 0. The van der Waals surface area contributed by atoms with Crippen LogP contribution in [0.5, 0.6) is 0 Å². The van der Waals surface area contributed by atoms with E-state index in [9.17, 15) is 0 Å². The second-order valence-electron chi connectivity index (χ2n) is 2.03. The van der Waals surface area contributed by atoms with Gasteiger partial charge >= 0.3 is 0 Å². The van der Waals surface area contributed by atoms with E-state index < -0.39 is 0 Å². The molecular formula is C6H4ClN3S. The Morgan fingerprint density at radius 2 is 2.27 bits per heavy atom. The summed E-state index contributed by atoms with van der Waals surface area (Å²) in [7, 11) is 0. The number of nitrogens with zero attached hydrogens (tertiary/aromatic N) is 2. The fraction of sp³-hybridized carbons (Fsp3) is 0. The smallest absolute Gasteiger partial charge is 0.150 e. The minimum Gasteiger partial charge on any atom is -0.391 e. The molecule has 0 aromatic carbocycles. The third-order valence-electron chi connectivity index (χ3n) is 1.29. The van der Waals surface area contributed by atoms with Gasteiger partial charge in [0.1, 0.15) is 11.5 Å². The molecule has 0 spiro atoms. The molecule has 2 heterocycles. The fourth-order valence-electron chi connectivity index (χ4n) is 0.844. The zero-order valence-electron chi connectivity index (χ0n) is 5.41. The number of hydrogen-bond donors (Lipinski definition) is 1. The van der Waals surface area contributed by atoms with Crippen molar-refractivity contribution < 1.29 is 0 Å². The predicted molar refractivity (Wildman–Crippen MR) is 46.8 cm³/mol. The molecular weight excluding hydrogens is 182 g/mol. The van der Waals surface area contributed by atoms with E-state index in [1.807, 2.05) is 0 Å². The van der Waals surface area contributed by atoms with Crippen LogP contribution in [0, 0.1) is 0 Å². The summed E-state index contributed by atoms with van der Waals surface area (Å²) in [5.41, 5.74) is 6.36. The zero-order valence-corrected chi connectivity index (χ0v) is 6.99. The van der Waals surface area contributed by atoms with E-state index in [-0.39, 0.29) is 0 Å². The molecule has 2 aromatic heterocycles. The van der Waals surface area contributed by atoms with E-state index >= 15 is 0 Å². The predicted octanol–water partition coefficient (Wildman–Crippen LogP) is 1.93. The Morgan fingerprint density at radius 3 is 3.00 bits per heavy atom. The van der Waals surface area contributed by atoms with E-state index in [0.717, 1.165) is 10.2 Å². The standard InChI is InChI=1S/C6H4ClN3S/c7-6-5-3(9-2-10-6)1-4(8)11-5/h1-2H,8H2. The molecule has 0 atom stereocenters. The summed E-state index contributed by atoms with van der Waals surface area (Å²) >= 11 is 7.17. The molecule has 0 aliphatic heterocycles. The number of nitrogens with two attached hydrogens (primary N) is 1. The van der Waals surface area contributed by atoms with Gasteiger partial charge in [0.05, 0.1) is 15.2 Å². The summed E-state index contributed by atoms with van der Waals surface area (Å²) < 4.78 is 0.853. The Labute approximate surface area is 71.8 Å². The van der Waals surface area contributed by atoms with Crippen molar-refractivity contribution >= 4 is 38.2 Å². The highest BCUT2D eigenvalue weighted by Gasteiger charge is 2.03. The van der Waals surface area contributed by atoms with Gasteiger partial charge in [-0.05, 0) is 6.07 Å². The second kappa shape index (κ2) is 2.32. The first kappa shape index (κ1) is 6.82. The number of anilines is 1. The molecule has 5 heteroatoms. The Morgan fingerprint density at radius 1 is 1.45 bits per heavy atom. The summed E-state index contributed by atoms with van der Waals surface area (Å²) in [5, 5.41) is 1.18. The van der Waals surface area contributed by atoms with Crippen molar-refractivity contribution in [3.63, 3.8) is 0 Å². The van der Waals surface area contributed by atoms with Crippen molar-refractivity contribution in [2.45, 2.75) is 0 Å². The van der Waals surface area contributed by atoms with Crippen molar-refractivity contribution in [2.75, 3.05) is 5.73 Å². The molecule has 0 amide bonds. The lowest BCUT2D eigenvalue weighted by Gasteiger charge is -1.87. The lowest BCUT2D eigenvalue weighted by Crippen LogP contribution is -1.76. The average molecular weight is 186 g/mol. The van der Waals surface area contributed by atoms with Gasteiger partial charge in [-0.1, -0.05) is 11.6 Å². The molecule has 2 rings (SSSR count). The van der Waals surface area contributed by atoms with Crippen molar-refractivity contribution in [1.82, 2.24) is 9.97 Å². The van der Waals surface area contributed by atoms with Crippen LogP contribution in [-0.4, -0.2) is 9.97 Å². The molecule has 0 bridgehead atoms. The monoisotopic (exact) mass is 185 g/mol. The van der Waals surface area contributed by atoms with E-state index in [1.54, 1.807) is 6.07 Å². The van der Waals surface area contributed by atoms with Crippen LogP contribution in [0.4, 0.5) is 5.00 Å². The SMILES string of the molecule is Nc1cc2ncnc(Cl)c2s1. The summed E-state index contributed by atoms with van der Waals surface area (Å²) in [5.74, 6) is 0. The minimum absolute atomic E-state index is 0.469. The third-order valence-corrected chi connectivity index (χ3v) is 2.65. The van der Waals surface area contributed by atoms with Crippen LogP contribution < -0.4 is 5.73 Å². The Kier molecular flexibility index (Phi) is 1.44. The first-order valence-electron chi connectivity index (χ1n) is 2.93. The molecule has 0 fully saturated rings. The number of fused-ring (bicyclic) bond motifs is 1. The van der Waals surface area contributed by atoms with Gasteiger partial charge in [-0.2, -0.15) is 0 Å². The molecule has 2 N–H and O–H groups in total. The first-order chi connectivity index (χ1) is 5.27.